The third-order valence-corrected chi connectivity index (χ3v) is 4.47. The maximum atomic E-state index is 6.08. The van der Waals surface area contributed by atoms with Gasteiger partial charge in [0, 0.05) is 5.46 Å². The minimum Gasteiger partial charge on any atom is -0.519 e. The normalized spacial score (nSPS) is 21.3. The molecule has 0 bridgehead atoms. The van der Waals surface area contributed by atoms with Crippen LogP contribution >= 0.6 is 0 Å². The van der Waals surface area contributed by atoms with Crippen molar-refractivity contribution >= 4 is 12.6 Å². The molecule has 6 nitrogen and oxygen atoms in total. The largest absolute Gasteiger partial charge is 0.633 e. The Bertz CT molecular complexity index is 703. The molecule has 0 aliphatic carbocycles. The van der Waals surface area contributed by atoms with E-state index in [0.29, 0.717) is 46.2 Å². The highest BCUT2D eigenvalue weighted by Gasteiger charge is 2.37. The van der Waals surface area contributed by atoms with E-state index < -0.39 is 7.12 Å². The number of rotatable bonds is 2. The lowest BCUT2D eigenvalue weighted by Crippen LogP contribution is -2.42. The molecular weight excluding hydrogens is 347 g/mol. The van der Waals surface area contributed by atoms with Gasteiger partial charge in [0.2, 0.25) is 0 Å². The number of ether oxygens (including phenoxy) is 4. The molecule has 0 N–H and O–H groups in total. The maximum absolute atomic E-state index is 6.08. The molecule has 2 aromatic carbocycles. The minimum atomic E-state index is -0.497. The summed E-state index contributed by atoms with van der Waals surface area (Å²) >= 11 is 0. The van der Waals surface area contributed by atoms with Crippen molar-refractivity contribution in [2.75, 3.05) is 46.2 Å². The second-order valence-corrected chi connectivity index (χ2v) is 6.30. The highest BCUT2D eigenvalue weighted by atomic mass is 16.6. The zero-order chi connectivity index (χ0) is 18.3. The Labute approximate surface area is 159 Å². The predicted octanol–water partition coefficient (Wildman–Crippen LogP) is 1.97. The first kappa shape index (κ1) is 18.3. The lowest BCUT2D eigenvalue weighted by Gasteiger charge is -2.22. The van der Waals surface area contributed by atoms with Gasteiger partial charge in [0.25, 0.3) is 0 Å². The number of hydrogen-bond acceptors (Lipinski definition) is 6. The van der Waals surface area contributed by atoms with Gasteiger partial charge in [-0.05, 0) is 17.7 Å². The lowest BCUT2D eigenvalue weighted by molar-refractivity contribution is -0.0676. The van der Waals surface area contributed by atoms with E-state index >= 15 is 0 Å². The zero-order valence-corrected chi connectivity index (χ0v) is 15.2. The summed E-state index contributed by atoms with van der Waals surface area (Å²) in [6.07, 6.45) is -0.236. The summed E-state index contributed by atoms with van der Waals surface area (Å²) < 4.78 is 34.8. The smallest absolute Gasteiger partial charge is 0.519 e. The van der Waals surface area contributed by atoms with Gasteiger partial charge in [0.15, 0.2) is 0 Å². The van der Waals surface area contributed by atoms with E-state index in [4.69, 9.17) is 28.3 Å². The average molecular weight is 370 g/mol. The molecule has 0 radical (unpaired) electrons. The van der Waals surface area contributed by atoms with Crippen LogP contribution in [0.2, 0.25) is 0 Å². The third kappa shape index (κ3) is 4.62. The Balaban J connectivity index is 1.52. The topological polar surface area (TPSA) is 55.4 Å². The molecule has 2 aliphatic rings. The molecule has 1 fully saturated rings. The quantitative estimate of drug-likeness (QED) is 0.754. The van der Waals surface area contributed by atoms with Gasteiger partial charge in [-0.15, -0.1) is 0 Å². The summed E-state index contributed by atoms with van der Waals surface area (Å²) in [4.78, 5) is 0. The molecular formula is C20H23BO6. The molecule has 7 heteroatoms. The Morgan fingerprint density at radius 1 is 0.667 bits per heavy atom. The van der Waals surface area contributed by atoms with Crippen molar-refractivity contribution in [2.45, 2.75) is 6.10 Å². The van der Waals surface area contributed by atoms with Crippen molar-refractivity contribution in [3.63, 3.8) is 0 Å². The van der Waals surface area contributed by atoms with Crippen molar-refractivity contribution in [1.82, 2.24) is 0 Å². The van der Waals surface area contributed by atoms with E-state index in [1.165, 1.54) is 0 Å². The molecule has 0 aromatic heterocycles. The standard InChI is InChI=1S/C20H23BO6/c1-2-6-17(21-26-18-7-3-4-8-19(18)27-21)16(5-1)20-15-24-12-11-22-9-10-23-13-14-25-20/h1-8,20H,9-15H2. The molecule has 27 heavy (non-hydrogen) atoms. The van der Waals surface area contributed by atoms with Gasteiger partial charge < -0.3 is 28.3 Å². The van der Waals surface area contributed by atoms with Crippen molar-refractivity contribution in [3.05, 3.63) is 54.1 Å². The number of fused-ring (bicyclic) bond motifs is 1. The summed E-state index contributed by atoms with van der Waals surface area (Å²) in [7, 11) is -0.497. The van der Waals surface area contributed by atoms with E-state index in [9.17, 15) is 0 Å². The van der Waals surface area contributed by atoms with E-state index in [1.54, 1.807) is 0 Å². The van der Waals surface area contributed by atoms with Gasteiger partial charge in [0.1, 0.15) is 17.6 Å². The van der Waals surface area contributed by atoms with Crippen LogP contribution in [0.15, 0.2) is 48.5 Å². The van der Waals surface area contributed by atoms with Gasteiger partial charge in [-0.2, -0.15) is 0 Å². The van der Waals surface area contributed by atoms with Crippen molar-refractivity contribution in [2.24, 2.45) is 0 Å². The Morgan fingerprint density at radius 3 is 2.00 bits per heavy atom. The molecule has 2 aliphatic heterocycles. The number of hydrogen-bond donors (Lipinski definition) is 0. The van der Waals surface area contributed by atoms with Gasteiger partial charge in [0.05, 0.1) is 46.2 Å². The molecule has 0 spiro atoms. The number of benzene rings is 2. The monoisotopic (exact) mass is 370 g/mol. The Morgan fingerprint density at radius 2 is 1.26 bits per heavy atom. The first-order valence-corrected chi connectivity index (χ1v) is 9.28. The van der Waals surface area contributed by atoms with E-state index in [-0.39, 0.29) is 6.10 Å². The van der Waals surface area contributed by atoms with Crippen LogP contribution in [0, 0.1) is 0 Å². The molecule has 2 aromatic rings. The fraction of sp³-hybridized carbons (Fsp3) is 0.400. The molecule has 0 amide bonds. The predicted molar refractivity (Wildman–Crippen MR) is 101 cm³/mol. The van der Waals surface area contributed by atoms with Crippen LogP contribution < -0.4 is 14.8 Å². The van der Waals surface area contributed by atoms with Crippen LogP contribution in [0.4, 0.5) is 0 Å². The molecule has 1 atom stereocenters. The van der Waals surface area contributed by atoms with E-state index in [2.05, 4.69) is 0 Å². The van der Waals surface area contributed by atoms with Gasteiger partial charge in [-0.1, -0.05) is 36.4 Å². The summed E-state index contributed by atoms with van der Waals surface area (Å²) in [5.74, 6) is 1.50. The van der Waals surface area contributed by atoms with Crippen LogP contribution in [0.1, 0.15) is 11.7 Å². The summed E-state index contributed by atoms with van der Waals surface area (Å²) in [6, 6.07) is 15.7. The first-order chi connectivity index (χ1) is 13.4. The van der Waals surface area contributed by atoms with Crippen molar-refractivity contribution in [1.29, 1.82) is 0 Å². The van der Waals surface area contributed by atoms with Crippen LogP contribution in [0.3, 0.4) is 0 Å². The first-order valence-electron chi connectivity index (χ1n) is 9.28. The Hall–Kier alpha value is -2.06. The molecule has 1 saturated heterocycles. The third-order valence-electron chi connectivity index (χ3n) is 4.47. The Kier molecular flexibility index (Phi) is 6.26. The van der Waals surface area contributed by atoms with E-state index in [0.717, 1.165) is 22.5 Å². The lowest BCUT2D eigenvalue weighted by atomic mass is 9.75. The van der Waals surface area contributed by atoms with Crippen LogP contribution in [-0.2, 0) is 18.9 Å². The minimum absolute atomic E-state index is 0.236. The van der Waals surface area contributed by atoms with Crippen LogP contribution in [0.25, 0.3) is 0 Å². The van der Waals surface area contributed by atoms with Gasteiger partial charge in [-0.3, -0.25) is 0 Å². The SMILES string of the molecule is c1ccc2c(c1)OB(c1ccccc1C1COCCOCCOCCO1)O2. The summed E-state index contributed by atoms with van der Waals surface area (Å²) in [6.45, 7) is 3.63. The molecule has 4 rings (SSSR count). The zero-order valence-electron chi connectivity index (χ0n) is 15.2. The van der Waals surface area contributed by atoms with Crippen molar-refractivity contribution in [3.8, 4) is 11.5 Å². The fourth-order valence-electron chi connectivity index (χ4n) is 3.15. The number of para-hydroxylation sites is 2. The summed E-state index contributed by atoms with van der Waals surface area (Å²) in [5, 5.41) is 0. The maximum Gasteiger partial charge on any atom is 0.633 e. The summed E-state index contributed by atoms with van der Waals surface area (Å²) in [5.41, 5.74) is 1.93. The van der Waals surface area contributed by atoms with Crippen molar-refractivity contribution < 1.29 is 28.3 Å². The molecule has 142 valence electrons. The molecule has 2 heterocycles. The van der Waals surface area contributed by atoms with Gasteiger partial charge in [-0.25, -0.2) is 0 Å². The molecule has 1 unspecified atom stereocenters. The fourth-order valence-corrected chi connectivity index (χ4v) is 3.15. The second kappa shape index (κ2) is 9.24. The molecule has 0 saturated carbocycles. The average Bonchev–Trinajstić information content (AvgIpc) is 3.13. The highest BCUT2D eigenvalue weighted by molar-refractivity contribution is 6.64. The second-order valence-electron chi connectivity index (χ2n) is 6.30. The highest BCUT2D eigenvalue weighted by Crippen LogP contribution is 2.33. The van der Waals surface area contributed by atoms with Crippen LogP contribution in [-0.4, -0.2) is 53.4 Å². The van der Waals surface area contributed by atoms with Crippen LogP contribution in [0.5, 0.6) is 11.5 Å². The van der Waals surface area contributed by atoms with E-state index in [1.807, 2.05) is 48.5 Å². The van der Waals surface area contributed by atoms with Gasteiger partial charge >= 0.3 is 7.12 Å².